The highest BCUT2D eigenvalue weighted by Gasteiger charge is 2.24. The predicted molar refractivity (Wildman–Crippen MR) is 101 cm³/mol. The molecule has 2 aromatic rings. The van der Waals surface area contributed by atoms with E-state index in [0.29, 0.717) is 11.7 Å². The number of ether oxygens (including phenoxy) is 1. The van der Waals surface area contributed by atoms with Crippen molar-refractivity contribution in [3.63, 3.8) is 0 Å². The molecule has 1 aliphatic heterocycles. The third-order valence-corrected chi connectivity index (χ3v) is 6.20. The third-order valence-electron chi connectivity index (χ3n) is 4.97. The second-order valence-electron chi connectivity index (χ2n) is 6.91. The highest BCUT2D eigenvalue weighted by Crippen LogP contribution is 2.32. The van der Waals surface area contributed by atoms with E-state index >= 15 is 0 Å². The zero-order chi connectivity index (χ0) is 17.8. The van der Waals surface area contributed by atoms with E-state index in [0.717, 1.165) is 55.2 Å². The fourth-order valence-corrected chi connectivity index (χ4v) is 4.68. The summed E-state index contributed by atoms with van der Waals surface area (Å²) in [5.41, 5.74) is 2.29. The number of amides is 1. The second kappa shape index (κ2) is 8.08. The molecule has 6 heteroatoms. The number of hydrogen-bond donors (Lipinski definition) is 1. The number of thioether (sulfide) groups is 1. The van der Waals surface area contributed by atoms with Crippen LogP contribution in [0.1, 0.15) is 36.8 Å². The summed E-state index contributed by atoms with van der Waals surface area (Å²) < 4.78 is 5.52. The van der Waals surface area contributed by atoms with E-state index < -0.39 is 0 Å². The Morgan fingerprint density at radius 2 is 2.00 bits per heavy atom. The molecular formula is C20H23N3O2S. The average Bonchev–Trinajstić information content (AvgIpc) is 3.12. The van der Waals surface area contributed by atoms with Gasteiger partial charge in [-0.15, -0.1) is 0 Å². The van der Waals surface area contributed by atoms with Gasteiger partial charge in [0, 0.05) is 30.1 Å². The molecule has 1 saturated carbocycles. The van der Waals surface area contributed by atoms with Crippen LogP contribution in [0.5, 0.6) is 5.75 Å². The lowest BCUT2D eigenvalue weighted by atomic mass is 9.94. The van der Waals surface area contributed by atoms with Crippen molar-refractivity contribution in [3.8, 4) is 5.75 Å². The SMILES string of the molecule is O=C(Cc1ccc2c(c1)CCO2)NC1CCC(Sc2ncccn2)CC1. The van der Waals surface area contributed by atoms with Gasteiger partial charge in [-0.05, 0) is 48.9 Å². The van der Waals surface area contributed by atoms with E-state index in [2.05, 4.69) is 21.4 Å². The number of fused-ring (bicyclic) bond motifs is 1. The zero-order valence-corrected chi connectivity index (χ0v) is 15.5. The Labute approximate surface area is 158 Å². The standard InChI is InChI=1S/C20H23N3O2S/c24-19(13-14-2-7-18-15(12-14)8-11-25-18)23-16-3-5-17(6-4-16)26-20-21-9-1-10-22-20/h1-2,7,9-10,12,16-17H,3-6,8,11,13H2,(H,23,24). The summed E-state index contributed by atoms with van der Waals surface area (Å²) in [7, 11) is 0. The summed E-state index contributed by atoms with van der Waals surface area (Å²) in [6.07, 6.45) is 9.17. The lowest BCUT2D eigenvalue weighted by Gasteiger charge is -2.28. The van der Waals surface area contributed by atoms with Crippen LogP contribution in [0.25, 0.3) is 0 Å². The Bertz CT molecular complexity index is 761. The first kappa shape index (κ1) is 17.3. The van der Waals surface area contributed by atoms with Gasteiger partial charge in [0.1, 0.15) is 5.75 Å². The first-order valence-electron chi connectivity index (χ1n) is 9.24. The first-order chi connectivity index (χ1) is 12.8. The van der Waals surface area contributed by atoms with Crippen LogP contribution in [0.2, 0.25) is 0 Å². The number of benzene rings is 1. The molecular weight excluding hydrogens is 346 g/mol. The maximum atomic E-state index is 12.4. The van der Waals surface area contributed by atoms with E-state index in [1.54, 1.807) is 24.2 Å². The molecule has 1 fully saturated rings. The van der Waals surface area contributed by atoms with Gasteiger partial charge >= 0.3 is 0 Å². The largest absolute Gasteiger partial charge is 0.493 e. The van der Waals surface area contributed by atoms with Gasteiger partial charge in [-0.1, -0.05) is 23.9 Å². The lowest BCUT2D eigenvalue weighted by molar-refractivity contribution is -0.121. The Balaban J connectivity index is 1.23. The number of nitrogens with zero attached hydrogens (tertiary/aromatic N) is 2. The Morgan fingerprint density at radius 3 is 2.81 bits per heavy atom. The van der Waals surface area contributed by atoms with Crippen LogP contribution >= 0.6 is 11.8 Å². The fourth-order valence-electron chi connectivity index (χ4n) is 3.63. The van der Waals surface area contributed by atoms with Crippen LogP contribution in [-0.4, -0.2) is 33.8 Å². The van der Waals surface area contributed by atoms with Gasteiger partial charge in [-0.25, -0.2) is 9.97 Å². The van der Waals surface area contributed by atoms with Crippen molar-refractivity contribution < 1.29 is 9.53 Å². The molecule has 0 saturated heterocycles. The third kappa shape index (κ3) is 4.36. The van der Waals surface area contributed by atoms with Crippen molar-refractivity contribution in [2.45, 2.75) is 55.0 Å². The van der Waals surface area contributed by atoms with E-state index in [-0.39, 0.29) is 11.9 Å². The highest BCUT2D eigenvalue weighted by molar-refractivity contribution is 7.99. The molecule has 136 valence electrons. The minimum atomic E-state index is 0.117. The number of aromatic nitrogens is 2. The van der Waals surface area contributed by atoms with Gasteiger partial charge in [0.25, 0.3) is 0 Å². The van der Waals surface area contributed by atoms with Crippen LogP contribution < -0.4 is 10.1 Å². The Kier molecular flexibility index (Phi) is 5.39. The van der Waals surface area contributed by atoms with Gasteiger partial charge < -0.3 is 10.1 Å². The normalized spacial score (nSPS) is 21.7. The van der Waals surface area contributed by atoms with Gasteiger partial charge in [-0.3, -0.25) is 4.79 Å². The topological polar surface area (TPSA) is 64.1 Å². The summed E-state index contributed by atoms with van der Waals surface area (Å²) >= 11 is 1.75. The lowest BCUT2D eigenvalue weighted by Crippen LogP contribution is -2.38. The first-order valence-corrected chi connectivity index (χ1v) is 10.1. The minimum absolute atomic E-state index is 0.117. The van der Waals surface area contributed by atoms with Crippen molar-refractivity contribution in [2.75, 3.05) is 6.61 Å². The molecule has 5 nitrogen and oxygen atoms in total. The van der Waals surface area contributed by atoms with E-state index in [1.807, 2.05) is 18.2 Å². The molecule has 2 heterocycles. The summed E-state index contributed by atoms with van der Waals surface area (Å²) in [5.74, 6) is 1.08. The van der Waals surface area contributed by atoms with Crippen molar-refractivity contribution in [3.05, 3.63) is 47.8 Å². The molecule has 0 unspecified atom stereocenters. The van der Waals surface area contributed by atoms with Crippen LogP contribution in [-0.2, 0) is 17.6 Å². The number of carbonyl (C=O) groups excluding carboxylic acids is 1. The van der Waals surface area contributed by atoms with Gasteiger partial charge in [0.05, 0.1) is 13.0 Å². The van der Waals surface area contributed by atoms with Gasteiger partial charge in [-0.2, -0.15) is 0 Å². The molecule has 0 atom stereocenters. The monoisotopic (exact) mass is 369 g/mol. The van der Waals surface area contributed by atoms with E-state index in [1.165, 1.54) is 5.56 Å². The Hall–Kier alpha value is -2.08. The molecule has 2 aliphatic rings. The summed E-state index contributed by atoms with van der Waals surface area (Å²) in [6, 6.07) is 8.21. The van der Waals surface area contributed by atoms with Gasteiger partial charge in [0.15, 0.2) is 5.16 Å². The summed E-state index contributed by atoms with van der Waals surface area (Å²) in [5, 5.41) is 4.60. The second-order valence-corrected chi connectivity index (χ2v) is 8.18. The maximum absolute atomic E-state index is 12.4. The maximum Gasteiger partial charge on any atom is 0.224 e. The summed E-state index contributed by atoms with van der Waals surface area (Å²) in [4.78, 5) is 21.0. The summed E-state index contributed by atoms with van der Waals surface area (Å²) in [6.45, 7) is 0.750. The quantitative estimate of drug-likeness (QED) is 0.820. The molecule has 4 rings (SSSR count). The van der Waals surface area contributed by atoms with Crippen molar-refractivity contribution in [1.82, 2.24) is 15.3 Å². The molecule has 26 heavy (non-hydrogen) atoms. The molecule has 0 radical (unpaired) electrons. The van der Waals surface area contributed by atoms with Crippen molar-refractivity contribution >= 4 is 17.7 Å². The van der Waals surface area contributed by atoms with Crippen LogP contribution in [0.3, 0.4) is 0 Å². The fraction of sp³-hybridized carbons (Fsp3) is 0.450. The van der Waals surface area contributed by atoms with Gasteiger partial charge in [0.2, 0.25) is 5.91 Å². The smallest absolute Gasteiger partial charge is 0.224 e. The van der Waals surface area contributed by atoms with Crippen LogP contribution in [0.15, 0.2) is 41.8 Å². The number of carbonyl (C=O) groups is 1. The van der Waals surface area contributed by atoms with Crippen molar-refractivity contribution in [2.24, 2.45) is 0 Å². The van der Waals surface area contributed by atoms with E-state index in [4.69, 9.17) is 4.74 Å². The zero-order valence-electron chi connectivity index (χ0n) is 14.7. The average molecular weight is 369 g/mol. The van der Waals surface area contributed by atoms with Crippen molar-refractivity contribution in [1.29, 1.82) is 0 Å². The molecule has 0 bridgehead atoms. The highest BCUT2D eigenvalue weighted by atomic mass is 32.2. The minimum Gasteiger partial charge on any atom is -0.493 e. The molecule has 1 aromatic heterocycles. The molecule has 1 N–H and O–H groups in total. The number of rotatable bonds is 5. The predicted octanol–water partition coefficient (Wildman–Crippen LogP) is 3.17. The molecule has 1 aliphatic carbocycles. The molecule has 1 amide bonds. The molecule has 0 spiro atoms. The van der Waals surface area contributed by atoms with Crippen LogP contribution in [0, 0.1) is 0 Å². The number of nitrogens with one attached hydrogen (secondary N) is 1. The van der Waals surface area contributed by atoms with E-state index in [9.17, 15) is 4.79 Å². The number of hydrogen-bond acceptors (Lipinski definition) is 5. The Morgan fingerprint density at radius 1 is 1.19 bits per heavy atom. The van der Waals surface area contributed by atoms with Crippen LogP contribution in [0.4, 0.5) is 0 Å². The molecule has 1 aromatic carbocycles.